The molecule has 138 valence electrons. The van der Waals surface area contributed by atoms with Gasteiger partial charge in [-0.2, -0.15) is 5.10 Å². The Hall–Kier alpha value is -2.45. The fraction of sp³-hybridized carbons (Fsp3) is 0.444. The van der Waals surface area contributed by atoms with Crippen molar-refractivity contribution < 1.29 is 23.8 Å². The topological polar surface area (TPSA) is 76.8 Å². The van der Waals surface area contributed by atoms with E-state index in [1.165, 1.54) is 10.7 Å². The van der Waals surface area contributed by atoms with Gasteiger partial charge in [0.1, 0.15) is 17.1 Å². The second-order valence-electron chi connectivity index (χ2n) is 6.46. The van der Waals surface area contributed by atoms with E-state index >= 15 is 0 Å². The maximum Gasteiger partial charge on any atom is 0.343 e. The average Bonchev–Trinajstić information content (AvgIpc) is 3.02. The van der Waals surface area contributed by atoms with Crippen LogP contribution in [-0.2, 0) is 17.8 Å². The predicted molar refractivity (Wildman–Crippen MR) is 90.8 cm³/mol. The Bertz CT molecular complexity index is 830. The number of carbonyl (C=O) groups is 1. The van der Waals surface area contributed by atoms with E-state index in [9.17, 15) is 14.3 Å². The molecule has 26 heavy (non-hydrogen) atoms. The summed E-state index contributed by atoms with van der Waals surface area (Å²) >= 11 is 0. The number of carboxylic acid groups (broad SMARTS) is 1. The Kier molecular flexibility index (Phi) is 4.60. The molecular weight excluding hydrogens is 341 g/mol. The third-order valence-electron chi connectivity index (χ3n) is 4.67. The van der Waals surface area contributed by atoms with Crippen molar-refractivity contribution in [3.63, 3.8) is 0 Å². The number of hydrogen-bond acceptors (Lipinski definition) is 5. The van der Waals surface area contributed by atoms with Gasteiger partial charge in [0.25, 0.3) is 0 Å². The number of benzene rings is 1. The highest BCUT2D eigenvalue weighted by Crippen LogP contribution is 2.34. The van der Waals surface area contributed by atoms with Crippen LogP contribution in [0.25, 0.3) is 11.3 Å². The molecule has 8 heteroatoms. The van der Waals surface area contributed by atoms with Crippen molar-refractivity contribution in [1.82, 2.24) is 14.7 Å². The molecule has 1 aromatic heterocycles. The minimum atomic E-state index is -1.17. The van der Waals surface area contributed by atoms with Crippen molar-refractivity contribution in [2.24, 2.45) is 0 Å². The van der Waals surface area contributed by atoms with E-state index in [-0.39, 0.29) is 22.7 Å². The highest BCUT2D eigenvalue weighted by molar-refractivity contribution is 5.97. The molecule has 0 aliphatic carbocycles. The second-order valence-corrected chi connectivity index (χ2v) is 6.46. The van der Waals surface area contributed by atoms with Gasteiger partial charge in [-0.05, 0) is 17.7 Å². The van der Waals surface area contributed by atoms with Crippen LogP contribution >= 0.6 is 0 Å². The van der Waals surface area contributed by atoms with E-state index < -0.39 is 11.8 Å². The molecule has 0 atom stereocenters. The Balaban J connectivity index is 1.66. The van der Waals surface area contributed by atoms with E-state index in [1.807, 2.05) is 6.07 Å². The van der Waals surface area contributed by atoms with Crippen LogP contribution in [0.4, 0.5) is 4.39 Å². The Morgan fingerprint density at radius 1 is 1.23 bits per heavy atom. The van der Waals surface area contributed by atoms with Gasteiger partial charge in [-0.1, -0.05) is 6.07 Å². The van der Waals surface area contributed by atoms with E-state index in [0.29, 0.717) is 32.9 Å². The van der Waals surface area contributed by atoms with E-state index in [0.717, 1.165) is 25.1 Å². The molecule has 3 heterocycles. The van der Waals surface area contributed by atoms with Crippen molar-refractivity contribution in [2.75, 3.05) is 32.9 Å². The molecule has 2 aliphatic heterocycles. The summed E-state index contributed by atoms with van der Waals surface area (Å²) in [6, 6.07) is 4.88. The number of aromatic carboxylic acids is 1. The monoisotopic (exact) mass is 361 g/mol. The van der Waals surface area contributed by atoms with Gasteiger partial charge >= 0.3 is 5.97 Å². The molecule has 1 aromatic carbocycles. The number of morpholine rings is 1. The van der Waals surface area contributed by atoms with Gasteiger partial charge in [-0.15, -0.1) is 0 Å². The summed E-state index contributed by atoms with van der Waals surface area (Å²) in [6.45, 7) is 4.63. The summed E-state index contributed by atoms with van der Waals surface area (Å²) in [6.07, 6.45) is 0.744. The molecule has 0 unspecified atom stereocenters. The second kappa shape index (κ2) is 7.05. The van der Waals surface area contributed by atoms with Gasteiger partial charge in [0, 0.05) is 38.2 Å². The number of carboxylic acids is 1. The smallest absolute Gasteiger partial charge is 0.343 e. The average molecular weight is 361 g/mol. The number of aromatic nitrogens is 2. The molecule has 7 nitrogen and oxygen atoms in total. The summed E-state index contributed by atoms with van der Waals surface area (Å²) in [5.74, 6) is -1.44. The van der Waals surface area contributed by atoms with Crippen LogP contribution in [-0.4, -0.2) is 58.7 Å². The first kappa shape index (κ1) is 17.0. The minimum absolute atomic E-state index is 0.0791. The zero-order chi connectivity index (χ0) is 18.1. The number of fused-ring (bicyclic) bond motifs is 1. The van der Waals surface area contributed by atoms with Gasteiger partial charge in [0.2, 0.25) is 5.88 Å². The van der Waals surface area contributed by atoms with Crippen LogP contribution in [0.2, 0.25) is 0 Å². The van der Waals surface area contributed by atoms with Crippen LogP contribution in [0.15, 0.2) is 18.2 Å². The van der Waals surface area contributed by atoms with Gasteiger partial charge in [0.05, 0.1) is 19.8 Å². The zero-order valence-electron chi connectivity index (χ0n) is 14.3. The van der Waals surface area contributed by atoms with Gasteiger partial charge in [0.15, 0.2) is 0 Å². The Labute approximate surface area is 149 Å². The largest absolute Gasteiger partial charge is 0.477 e. The summed E-state index contributed by atoms with van der Waals surface area (Å²) in [7, 11) is 0. The van der Waals surface area contributed by atoms with Crippen molar-refractivity contribution in [2.45, 2.75) is 19.5 Å². The van der Waals surface area contributed by atoms with Crippen LogP contribution in [0.1, 0.15) is 22.3 Å². The lowest BCUT2D eigenvalue weighted by molar-refractivity contribution is 0.0341. The predicted octanol–water partition coefficient (Wildman–Crippen LogP) is 2.00. The molecule has 1 N–H and O–H groups in total. The lowest BCUT2D eigenvalue weighted by Crippen LogP contribution is -2.35. The van der Waals surface area contributed by atoms with Crippen molar-refractivity contribution in [3.05, 3.63) is 35.1 Å². The molecule has 1 saturated heterocycles. The van der Waals surface area contributed by atoms with E-state index in [2.05, 4.69) is 10.00 Å². The molecule has 2 aromatic rings. The highest BCUT2D eigenvalue weighted by Gasteiger charge is 2.29. The van der Waals surface area contributed by atoms with Gasteiger partial charge in [-0.25, -0.2) is 13.9 Å². The van der Waals surface area contributed by atoms with E-state index in [1.54, 1.807) is 6.07 Å². The molecule has 0 radical (unpaired) electrons. The summed E-state index contributed by atoms with van der Waals surface area (Å²) in [5.41, 5.74) is 1.05. The fourth-order valence-corrected chi connectivity index (χ4v) is 3.38. The van der Waals surface area contributed by atoms with Crippen LogP contribution in [0, 0.1) is 5.82 Å². The molecule has 4 rings (SSSR count). The number of ether oxygens (including phenoxy) is 2. The fourth-order valence-electron chi connectivity index (χ4n) is 3.38. The Morgan fingerprint density at radius 2 is 2.04 bits per heavy atom. The molecule has 0 spiro atoms. The summed E-state index contributed by atoms with van der Waals surface area (Å²) in [4.78, 5) is 13.9. The maximum atomic E-state index is 14.8. The lowest BCUT2D eigenvalue weighted by atomic mass is 10.0. The quantitative estimate of drug-likeness (QED) is 0.898. The number of rotatable bonds is 4. The zero-order valence-corrected chi connectivity index (χ0v) is 14.3. The maximum absolute atomic E-state index is 14.8. The highest BCUT2D eigenvalue weighted by atomic mass is 19.1. The van der Waals surface area contributed by atoms with Crippen LogP contribution < -0.4 is 4.74 Å². The number of nitrogens with zero attached hydrogens (tertiary/aromatic N) is 3. The lowest BCUT2D eigenvalue weighted by Gasteiger charge is -2.26. The molecule has 2 aliphatic rings. The Morgan fingerprint density at radius 3 is 2.77 bits per heavy atom. The van der Waals surface area contributed by atoms with Crippen molar-refractivity contribution in [1.29, 1.82) is 0 Å². The molecule has 1 fully saturated rings. The number of aryl methyl sites for hydroxylation is 1. The van der Waals surface area contributed by atoms with E-state index in [4.69, 9.17) is 9.47 Å². The van der Waals surface area contributed by atoms with Crippen molar-refractivity contribution >= 4 is 5.97 Å². The number of halogens is 1. The molecule has 0 saturated carbocycles. The normalized spacial score (nSPS) is 17.6. The summed E-state index contributed by atoms with van der Waals surface area (Å²) in [5, 5.41) is 13.9. The molecule has 0 amide bonds. The minimum Gasteiger partial charge on any atom is -0.477 e. The van der Waals surface area contributed by atoms with Gasteiger partial charge < -0.3 is 14.6 Å². The first-order valence-electron chi connectivity index (χ1n) is 8.69. The van der Waals surface area contributed by atoms with Crippen molar-refractivity contribution in [3.8, 4) is 17.1 Å². The third-order valence-corrected chi connectivity index (χ3v) is 4.67. The SMILES string of the molecule is O=C(O)c1c(-c2ccc(CN3CCOCC3)cc2F)nn2c1OCCC2. The standard InChI is InChI=1S/C18H20FN3O4/c19-14-10-12(11-21-5-8-25-9-6-21)2-3-13(14)16-15(18(23)24)17-22(20-16)4-1-7-26-17/h2-3,10H,1,4-9,11H2,(H,23,24). The first-order chi connectivity index (χ1) is 12.6. The molecule has 0 bridgehead atoms. The van der Waals surface area contributed by atoms with Crippen LogP contribution in [0.3, 0.4) is 0 Å². The first-order valence-corrected chi connectivity index (χ1v) is 8.69. The third kappa shape index (κ3) is 3.17. The van der Waals surface area contributed by atoms with Crippen LogP contribution in [0.5, 0.6) is 5.88 Å². The van der Waals surface area contributed by atoms with Gasteiger partial charge in [-0.3, -0.25) is 4.90 Å². The number of hydrogen-bond donors (Lipinski definition) is 1. The molecular formula is C18H20FN3O4. The summed E-state index contributed by atoms with van der Waals surface area (Å²) < 4.78 is 27.1.